The monoisotopic (exact) mass is 252 g/mol. The van der Waals surface area contributed by atoms with Crippen LogP contribution in [0.3, 0.4) is 0 Å². The van der Waals surface area contributed by atoms with Gasteiger partial charge in [-0.25, -0.2) is 4.39 Å². The second-order valence-corrected chi connectivity index (χ2v) is 10.4. The van der Waals surface area contributed by atoms with Gasteiger partial charge in [-0.1, -0.05) is 51.1 Å². The molecule has 0 saturated heterocycles. The van der Waals surface area contributed by atoms with Crippen molar-refractivity contribution in [3.8, 4) is 0 Å². The zero-order chi connectivity index (χ0) is 13.1. The molecule has 0 aromatic heterocycles. The zero-order valence-electron chi connectivity index (χ0n) is 11.3. The predicted molar refractivity (Wildman–Crippen MR) is 73.8 cm³/mol. The molecule has 1 rings (SSSR count). The molecule has 0 fully saturated rings. The highest BCUT2D eigenvalue weighted by atomic mass is 28.4. The maximum Gasteiger partial charge on any atom is 0.250 e. The summed E-state index contributed by atoms with van der Waals surface area (Å²) in [6, 6.07) is 9.39. The summed E-state index contributed by atoms with van der Waals surface area (Å²) in [6.07, 6.45) is 0.565. The fourth-order valence-corrected chi connectivity index (χ4v) is 2.19. The van der Waals surface area contributed by atoms with Crippen molar-refractivity contribution in [2.45, 2.75) is 38.9 Å². The summed E-state index contributed by atoms with van der Waals surface area (Å²) in [5.74, 6) is 0.345. The molecule has 0 aliphatic rings. The lowest BCUT2D eigenvalue weighted by molar-refractivity contribution is 0.449. The van der Waals surface area contributed by atoms with Crippen LogP contribution in [0, 0.1) is 0 Å². The Labute approximate surface area is 104 Å². The van der Waals surface area contributed by atoms with Crippen molar-refractivity contribution < 1.29 is 8.82 Å². The molecule has 0 aliphatic carbocycles. The van der Waals surface area contributed by atoms with Crippen molar-refractivity contribution in [1.82, 2.24) is 0 Å². The first-order valence-corrected chi connectivity index (χ1v) is 8.73. The van der Waals surface area contributed by atoms with Gasteiger partial charge in [-0.05, 0) is 18.1 Å². The van der Waals surface area contributed by atoms with Gasteiger partial charge in [-0.15, -0.1) is 0 Å². The van der Waals surface area contributed by atoms with Gasteiger partial charge >= 0.3 is 0 Å². The van der Waals surface area contributed by atoms with E-state index >= 15 is 0 Å². The van der Waals surface area contributed by atoms with Crippen LogP contribution in [0.4, 0.5) is 4.39 Å². The molecule has 0 N–H and O–H groups in total. The molecule has 0 bridgehead atoms. The van der Waals surface area contributed by atoms with Crippen LogP contribution in [0.25, 0.3) is 5.76 Å². The van der Waals surface area contributed by atoms with Gasteiger partial charge in [-0.3, -0.25) is 0 Å². The smallest absolute Gasteiger partial charge is 0.250 e. The van der Waals surface area contributed by atoms with Crippen molar-refractivity contribution in [3.63, 3.8) is 0 Å². The molecule has 0 spiro atoms. The van der Waals surface area contributed by atoms with Gasteiger partial charge in [0.1, 0.15) is 12.1 Å². The van der Waals surface area contributed by atoms with Crippen LogP contribution in [-0.4, -0.2) is 8.32 Å². The minimum absolute atomic E-state index is 0.0655. The molecular formula is C14H21FOSi. The summed E-state index contributed by atoms with van der Waals surface area (Å²) >= 11 is 0. The molecule has 0 saturated carbocycles. The Hall–Kier alpha value is -1.09. The molecule has 1 aromatic carbocycles. The van der Waals surface area contributed by atoms with Crippen LogP contribution in [0.1, 0.15) is 26.3 Å². The van der Waals surface area contributed by atoms with E-state index in [1.807, 2.05) is 30.3 Å². The average Bonchev–Trinajstić information content (AvgIpc) is 2.25. The largest absolute Gasteiger partial charge is 0.542 e. The van der Waals surface area contributed by atoms with Gasteiger partial charge in [0.2, 0.25) is 0 Å². The lowest BCUT2D eigenvalue weighted by atomic mass is 10.2. The first kappa shape index (κ1) is 14.0. The van der Waals surface area contributed by atoms with E-state index < -0.39 is 8.32 Å². The molecule has 17 heavy (non-hydrogen) atoms. The minimum Gasteiger partial charge on any atom is -0.542 e. The highest BCUT2D eigenvalue weighted by Gasteiger charge is 2.39. The van der Waals surface area contributed by atoms with E-state index in [-0.39, 0.29) is 5.04 Å². The number of halogens is 1. The minimum atomic E-state index is -1.98. The lowest BCUT2D eigenvalue weighted by Gasteiger charge is -2.37. The molecule has 3 heteroatoms. The fraction of sp³-hybridized carbons (Fsp3) is 0.429. The third-order valence-electron chi connectivity index (χ3n) is 3.33. The van der Waals surface area contributed by atoms with Crippen molar-refractivity contribution in [2.24, 2.45) is 0 Å². The van der Waals surface area contributed by atoms with Crippen molar-refractivity contribution in [1.29, 1.82) is 0 Å². The van der Waals surface area contributed by atoms with Gasteiger partial charge in [0, 0.05) is 5.56 Å². The van der Waals surface area contributed by atoms with Gasteiger partial charge in [-0.2, -0.15) is 0 Å². The number of rotatable bonds is 3. The molecule has 0 radical (unpaired) electrons. The van der Waals surface area contributed by atoms with Crippen LogP contribution in [0.5, 0.6) is 0 Å². The summed E-state index contributed by atoms with van der Waals surface area (Å²) in [6.45, 7) is 10.6. The molecule has 94 valence electrons. The second kappa shape index (κ2) is 5.04. The third-order valence-corrected chi connectivity index (χ3v) is 7.67. The maximum atomic E-state index is 13.0. The van der Waals surface area contributed by atoms with E-state index in [2.05, 4.69) is 33.9 Å². The predicted octanol–water partition coefficient (Wildman–Crippen LogP) is 4.98. The van der Waals surface area contributed by atoms with Gasteiger partial charge in [0.05, 0.1) is 0 Å². The summed E-state index contributed by atoms with van der Waals surface area (Å²) in [5, 5.41) is 0.0655. The fourth-order valence-electron chi connectivity index (χ4n) is 1.17. The highest BCUT2D eigenvalue weighted by Crippen LogP contribution is 2.39. The van der Waals surface area contributed by atoms with Gasteiger partial charge < -0.3 is 4.43 Å². The standard InChI is InChI=1S/C14H21FOSi/c1-14(2,3)17(4,5)16-13(11-15)12-9-7-6-8-10-12/h6-11H,1-5H3/b13-11-. The second-order valence-electron chi connectivity index (χ2n) is 5.70. The van der Waals surface area contributed by atoms with E-state index in [1.165, 1.54) is 0 Å². The maximum absolute atomic E-state index is 13.0. The van der Waals surface area contributed by atoms with E-state index in [1.54, 1.807) is 0 Å². The summed E-state index contributed by atoms with van der Waals surface area (Å²) in [5.41, 5.74) is 0.792. The number of hydrogen-bond donors (Lipinski definition) is 0. The van der Waals surface area contributed by atoms with Crippen molar-refractivity contribution in [2.75, 3.05) is 0 Å². The van der Waals surface area contributed by atoms with Crippen LogP contribution in [0.15, 0.2) is 36.7 Å². The first-order chi connectivity index (χ1) is 7.78. The molecule has 0 amide bonds. The zero-order valence-corrected chi connectivity index (χ0v) is 12.3. The van der Waals surface area contributed by atoms with Crippen LogP contribution < -0.4 is 0 Å². The molecule has 1 aromatic rings. The molecule has 0 atom stereocenters. The summed E-state index contributed by atoms with van der Waals surface area (Å²) in [4.78, 5) is 0. The third kappa shape index (κ3) is 3.43. The van der Waals surface area contributed by atoms with Crippen LogP contribution in [-0.2, 0) is 4.43 Å². The molecule has 0 aliphatic heterocycles. The topological polar surface area (TPSA) is 9.23 Å². The van der Waals surface area contributed by atoms with Crippen molar-refractivity contribution in [3.05, 3.63) is 42.2 Å². The quantitative estimate of drug-likeness (QED) is 0.545. The van der Waals surface area contributed by atoms with Crippen molar-refractivity contribution >= 4 is 14.1 Å². The highest BCUT2D eigenvalue weighted by molar-refractivity contribution is 6.74. The molecule has 0 heterocycles. The van der Waals surface area contributed by atoms with Crippen LogP contribution >= 0.6 is 0 Å². The number of benzene rings is 1. The normalized spacial score (nSPS) is 13.6. The lowest BCUT2D eigenvalue weighted by Crippen LogP contribution is -2.40. The Kier molecular flexibility index (Phi) is 4.15. The first-order valence-electron chi connectivity index (χ1n) is 5.83. The average molecular weight is 252 g/mol. The van der Waals surface area contributed by atoms with Gasteiger partial charge in [0.25, 0.3) is 8.32 Å². The summed E-state index contributed by atoms with van der Waals surface area (Å²) in [7, 11) is -1.98. The Morgan fingerprint density at radius 1 is 1.18 bits per heavy atom. The van der Waals surface area contributed by atoms with Gasteiger partial charge in [0.15, 0.2) is 0 Å². The van der Waals surface area contributed by atoms with Crippen LogP contribution in [0.2, 0.25) is 18.1 Å². The number of hydrogen-bond acceptors (Lipinski definition) is 1. The molecule has 1 nitrogen and oxygen atoms in total. The molecule has 0 unspecified atom stereocenters. The Morgan fingerprint density at radius 3 is 2.12 bits per heavy atom. The van der Waals surface area contributed by atoms with E-state index in [0.717, 1.165) is 5.56 Å². The Morgan fingerprint density at radius 2 is 1.71 bits per heavy atom. The Balaban J connectivity index is 2.94. The SMILES string of the molecule is CC(C)(C)[Si](C)(C)O/C(=C\F)c1ccccc1. The Bertz CT molecular complexity index is 390. The molecular weight excluding hydrogens is 231 g/mol. The van der Waals surface area contributed by atoms with E-state index in [4.69, 9.17) is 4.43 Å². The van der Waals surface area contributed by atoms with E-state index in [0.29, 0.717) is 12.1 Å². The van der Waals surface area contributed by atoms with E-state index in [9.17, 15) is 4.39 Å². The summed E-state index contributed by atoms with van der Waals surface area (Å²) < 4.78 is 19.0.